The van der Waals surface area contributed by atoms with Crippen molar-refractivity contribution in [1.82, 2.24) is 5.32 Å². The summed E-state index contributed by atoms with van der Waals surface area (Å²) in [6, 6.07) is 2.13. The van der Waals surface area contributed by atoms with Gasteiger partial charge in [-0.3, -0.25) is 0 Å². The van der Waals surface area contributed by atoms with Gasteiger partial charge in [-0.25, -0.2) is 0 Å². The summed E-state index contributed by atoms with van der Waals surface area (Å²) in [6.07, 6.45) is 3.35. The molecule has 0 aromatic carbocycles. The van der Waals surface area contributed by atoms with E-state index < -0.39 is 0 Å². The van der Waals surface area contributed by atoms with Gasteiger partial charge in [0.1, 0.15) is 0 Å². The van der Waals surface area contributed by atoms with Crippen LogP contribution in [0.3, 0.4) is 0 Å². The Morgan fingerprint density at radius 3 is 3.00 bits per heavy atom. The highest BCUT2D eigenvalue weighted by molar-refractivity contribution is 5.11. The fourth-order valence-corrected chi connectivity index (χ4v) is 0.894. The van der Waals surface area contributed by atoms with E-state index in [-0.39, 0.29) is 6.04 Å². The van der Waals surface area contributed by atoms with Gasteiger partial charge < -0.3 is 15.5 Å². The summed E-state index contributed by atoms with van der Waals surface area (Å²) in [5.41, 5.74) is 6.57. The molecule has 1 heterocycles. The second kappa shape index (κ2) is 3.39. The molecule has 10 heavy (non-hydrogen) atoms. The summed E-state index contributed by atoms with van der Waals surface area (Å²) < 4.78 is 4.90. The smallest absolute Gasteiger partial charge is 0.0950 e. The third-order valence-electron chi connectivity index (χ3n) is 1.53. The molecule has 0 spiro atoms. The highest BCUT2D eigenvalue weighted by atomic mass is 16.3. The van der Waals surface area contributed by atoms with Crippen LogP contribution in [0.5, 0.6) is 0 Å². The van der Waals surface area contributed by atoms with E-state index in [1.54, 1.807) is 12.5 Å². The van der Waals surface area contributed by atoms with Gasteiger partial charge in [-0.2, -0.15) is 0 Å². The molecule has 1 aromatic rings. The minimum Gasteiger partial charge on any atom is -0.472 e. The molecule has 0 aliphatic rings. The Morgan fingerprint density at radius 2 is 2.60 bits per heavy atom. The van der Waals surface area contributed by atoms with Gasteiger partial charge in [0.15, 0.2) is 0 Å². The molecule has 3 nitrogen and oxygen atoms in total. The molecule has 1 atom stereocenters. The maximum absolute atomic E-state index is 5.47. The van der Waals surface area contributed by atoms with Gasteiger partial charge in [0.25, 0.3) is 0 Å². The Bertz CT molecular complexity index is 168. The van der Waals surface area contributed by atoms with Crippen molar-refractivity contribution in [2.45, 2.75) is 6.04 Å². The molecule has 1 unspecified atom stereocenters. The summed E-state index contributed by atoms with van der Waals surface area (Å²) in [5.74, 6) is 0. The fraction of sp³-hybridized carbons (Fsp3) is 0.429. The van der Waals surface area contributed by atoms with Crippen molar-refractivity contribution in [3.8, 4) is 0 Å². The van der Waals surface area contributed by atoms with E-state index in [0.717, 1.165) is 5.56 Å². The van der Waals surface area contributed by atoms with E-state index in [9.17, 15) is 0 Å². The lowest BCUT2D eigenvalue weighted by molar-refractivity contribution is 0.546. The van der Waals surface area contributed by atoms with Gasteiger partial charge in [0.05, 0.1) is 12.5 Å². The molecular formula is C7H12N2O. The molecule has 0 saturated heterocycles. The Labute approximate surface area is 60.2 Å². The predicted molar refractivity (Wildman–Crippen MR) is 39.6 cm³/mol. The monoisotopic (exact) mass is 140 g/mol. The topological polar surface area (TPSA) is 51.2 Å². The maximum Gasteiger partial charge on any atom is 0.0950 e. The summed E-state index contributed by atoms with van der Waals surface area (Å²) in [6.45, 7) is 0.593. The number of nitrogens with one attached hydrogen (secondary N) is 1. The van der Waals surface area contributed by atoms with Crippen molar-refractivity contribution in [2.24, 2.45) is 5.73 Å². The lowest BCUT2D eigenvalue weighted by Gasteiger charge is -2.09. The quantitative estimate of drug-likeness (QED) is 0.642. The number of furan rings is 1. The molecule has 3 N–H and O–H groups in total. The Kier molecular flexibility index (Phi) is 2.48. The molecule has 1 rings (SSSR count). The number of hydrogen-bond acceptors (Lipinski definition) is 3. The number of rotatable bonds is 3. The average Bonchev–Trinajstić information content (AvgIpc) is 2.43. The third-order valence-corrected chi connectivity index (χ3v) is 1.53. The van der Waals surface area contributed by atoms with Crippen molar-refractivity contribution in [3.05, 3.63) is 24.2 Å². The second-order valence-electron chi connectivity index (χ2n) is 2.13. The molecule has 0 radical (unpaired) electrons. The number of hydrogen-bond donors (Lipinski definition) is 2. The second-order valence-corrected chi connectivity index (χ2v) is 2.13. The van der Waals surface area contributed by atoms with E-state index in [4.69, 9.17) is 10.2 Å². The zero-order chi connectivity index (χ0) is 7.40. The first kappa shape index (κ1) is 7.31. The van der Waals surface area contributed by atoms with Crippen molar-refractivity contribution in [3.63, 3.8) is 0 Å². The summed E-state index contributed by atoms with van der Waals surface area (Å²) in [4.78, 5) is 0. The van der Waals surface area contributed by atoms with Crippen LogP contribution < -0.4 is 11.1 Å². The summed E-state index contributed by atoms with van der Waals surface area (Å²) >= 11 is 0. The largest absolute Gasteiger partial charge is 0.472 e. The predicted octanol–water partition coefficient (Wildman–Crippen LogP) is 0.499. The minimum absolute atomic E-state index is 0.221. The summed E-state index contributed by atoms with van der Waals surface area (Å²) in [7, 11) is 1.88. The average molecular weight is 140 g/mol. The zero-order valence-electron chi connectivity index (χ0n) is 6.00. The van der Waals surface area contributed by atoms with Gasteiger partial charge in [0.2, 0.25) is 0 Å². The van der Waals surface area contributed by atoms with Crippen molar-refractivity contribution >= 4 is 0 Å². The van der Waals surface area contributed by atoms with Gasteiger partial charge in [0, 0.05) is 18.2 Å². The van der Waals surface area contributed by atoms with E-state index in [1.165, 1.54) is 0 Å². The van der Waals surface area contributed by atoms with Crippen LogP contribution in [-0.4, -0.2) is 13.6 Å². The number of likely N-dealkylation sites (N-methyl/N-ethyl adjacent to an activating group) is 1. The fourth-order valence-electron chi connectivity index (χ4n) is 0.894. The normalized spacial score (nSPS) is 13.4. The molecule has 0 bridgehead atoms. The van der Waals surface area contributed by atoms with E-state index in [1.807, 2.05) is 13.1 Å². The molecule has 0 aliphatic heterocycles. The van der Waals surface area contributed by atoms with Crippen molar-refractivity contribution in [2.75, 3.05) is 13.6 Å². The maximum atomic E-state index is 5.47. The first-order valence-corrected chi connectivity index (χ1v) is 3.28. The molecule has 3 heteroatoms. The van der Waals surface area contributed by atoms with Crippen molar-refractivity contribution < 1.29 is 4.42 Å². The van der Waals surface area contributed by atoms with E-state index in [0.29, 0.717) is 6.54 Å². The van der Waals surface area contributed by atoms with E-state index in [2.05, 4.69) is 5.32 Å². The molecular weight excluding hydrogens is 128 g/mol. The standard InChI is InChI=1S/C7H12N2O/c1-9-7(4-8)6-2-3-10-5-6/h2-3,5,7,9H,4,8H2,1H3. The van der Waals surface area contributed by atoms with E-state index >= 15 is 0 Å². The highest BCUT2D eigenvalue weighted by Crippen LogP contribution is 2.10. The first-order chi connectivity index (χ1) is 4.88. The number of nitrogens with two attached hydrogens (primary N) is 1. The van der Waals surface area contributed by atoms with Gasteiger partial charge in [-0.05, 0) is 13.1 Å². The van der Waals surface area contributed by atoms with Crippen LogP contribution >= 0.6 is 0 Å². The Balaban J connectivity index is 2.64. The van der Waals surface area contributed by atoms with Crippen molar-refractivity contribution in [1.29, 1.82) is 0 Å². The minimum atomic E-state index is 0.221. The summed E-state index contributed by atoms with van der Waals surface area (Å²) in [5, 5.41) is 3.07. The molecule has 0 aliphatic carbocycles. The Hall–Kier alpha value is -0.800. The molecule has 0 fully saturated rings. The van der Waals surface area contributed by atoms with Gasteiger partial charge in [-0.15, -0.1) is 0 Å². The van der Waals surface area contributed by atoms with Crippen LogP contribution in [0.25, 0.3) is 0 Å². The lowest BCUT2D eigenvalue weighted by atomic mass is 10.1. The molecule has 0 saturated carbocycles. The van der Waals surface area contributed by atoms with Crippen LogP contribution in [0.15, 0.2) is 23.0 Å². The zero-order valence-corrected chi connectivity index (χ0v) is 6.00. The molecule has 0 amide bonds. The van der Waals surface area contributed by atoms with Crippen LogP contribution in [0.4, 0.5) is 0 Å². The van der Waals surface area contributed by atoms with Crippen LogP contribution in [0, 0.1) is 0 Å². The van der Waals surface area contributed by atoms with Gasteiger partial charge >= 0.3 is 0 Å². The SMILES string of the molecule is CNC(CN)c1ccoc1. The van der Waals surface area contributed by atoms with Crippen LogP contribution in [-0.2, 0) is 0 Å². The highest BCUT2D eigenvalue weighted by Gasteiger charge is 2.05. The Morgan fingerprint density at radius 1 is 1.80 bits per heavy atom. The lowest BCUT2D eigenvalue weighted by Crippen LogP contribution is -2.24. The van der Waals surface area contributed by atoms with Crippen LogP contribution in [0.1, 0.15) is 11.6 Å². The molecule has 1 aromatic heterocycles. The first-order valence-electron chi connectivity index (χ1n) is 3.28. The van der Waals surface area contributed by atoms with Gasteiger partial charge in [-0.1, -0.05) is 0 Å². The van der Waals surface area contributed by atoms with Crippen LogP contribution in [0.2, 0.25) is 0 Å². The molecule has 56 valence electrons. The third kappa shape index (κ3) is 1.37.